The van der Waals surface area contributed by atoms with E-state index in [0.717, 1.165) is 0 Å². The third-order valence-corrected chi connectivity index (χ3v) is 3.04. The van der Waals surface area contributed by atoms with Crippen molar-refractivity contribution in [3.05, 3.63) is 60.8 Å². The number of hydrogen-bond acceptors (Lipinski definition) is 2. The Morgan fingerprint density at radius 2 is 1.61 bits per heavy atom. The summed E-state index contributed by atoms with van der Waals surface area (Å²) in [5.74, 6) is -1.02. The highest BCUT2D eigenvalue weighted by Gasteiger charge is 2.39. The predicted octanol–water partition coefficient (Wildman–Crippen LogP) is 3.19. The van der Waals surface area contributed by atoms with E-state index in [9.17, 15) is 9.59 Å². The second kappa shape index (κ2) is 6.10. The molecular formula is C16H18O2. The van der Waals surface area contributed by atoms with Gasteiger partial charge in [-0.05, 0) is 13.8 Å². The Labute approximate surface area is 108 Å². The minimum Gasteiger partial charge on any atom is -0.293 e. The fourth-order valence-electron chi connectivity index (χ4n) is 2.21. The molecule has 0 bridgehead atoms. The first-order chi connectivity index (χ1) is 8.62. The first-order valence-electron chi connectivity index (χ1n) is 5.95. The molecule has 1 rings (SSSR count). The fraction of sp³-hybridized carbons (Fsp3) is 0.250. The van der Waals surface area contributed by atoms with Crippen LogP contribution < -0.4 is 0 Å². The Kier molecular flexibility index (Phi) is 4.78. The number of Topliss-reactive ketones (excluding diaryl/α,β-unsaturated/α-hetero) is 2. The van der Waals surface area contributed by atoms with E-state index in [1.54, 1.807) is 37.3 Å². The Morgan fingerprint density at radius 3 is 2.06 bits per heavy atom. The summed E-state index contributed by atoms with van der Waals surface area (Å²) in [7, 11) is 0. The molecule has 1 saturated carbocycles. The van der Waals surface area contributed by atoms with Gasteiger partial charge in [0.1, 0.15) is 0 Å². The van der Waals surface area contributed by atoms with E-state index >= 15 is 0 Å². The average molecular weight is 242 g/mol. The Bertz CT molecular complexity index is 475. The van der Waals surface area contributed by atoms with E-state index in [1.807, 2.05) is 6.92 Å². The third kappa shape index (κ3) is 2.33. The largest absolute Gasteiger partial charge is 0.293 e. The summed E-state index contributed by atoms with van der Waals surface area (Å²) >= 11 is 0. The maximum Gasteiger partial charge on any atom is 0.171 e. The molecule has 0 radical (unpaired) electrons. The summed E-state index contributed by atoms with van der Waals surface area (Å²) in [5, 5.41) is 0. The molecule has 0 heterocycles. The van der Waals surface area contributed by atoms with Gasteiger partial charge in [-0.25, -0.2) is 0 Å². The predicted molar refractivity (Wildman–Crippen MR) is 74.0 cm³/mol. The lowest BCUT2D eigenvalue weighted by Gasteiger charge is -2.28. The van der Waals surface area contributed by atoms with Gasteiger partial charge in [0.15, 0.2) is 11.6 Å². The smallest absolute Gasteiger partial charge is 0.171 e. The van der Waals surface area contributed by atoms with E-state index in [1.165, 1.54) is 6.08 Å². The van der Waals surface area contributed by atoms with Gasteiger partial charge in [-0.2, -0.15) is 0 Å². The molecule has 0 aromatic heterocycles. The average Bonchev–Trinajstić information content (AvgIpc) is 2.36. The van der Waals surface area contributed by atoms with Crippen LogP contribution in [0, 0.1) is 11.8 Å². The second-order valence-corrected chi connectivity index (χ2v) is 4.06. The molecule has 2 heteroatoms. The monoisotopic (exact) mass is 242 g/mol. The summed E-state index contributed by atoms with van der Waals surface area (Å²) in [6.45, 7) is 10.8. The number of carbonyl (C=O) groups excluding carboxylic acids is 2. The molecule has 0 aliphatic heterocycles. The topological polar surface area (TPSA) is 34.1 Å². The van der Waals surface area contributed by atoms with Crippen molar-refractivity contribution in [2.45, 2.75) is 13.8 Å². The minimum atomic E-state index is -0.470. The number of allylic oxidation sites excluding steroid dienone is 8. The van der Waals surface area contributed by atoms with Gasteiger partial charge >= 0.3 is 0 Å². The summed E-state index contributed by atoms with van der Waals surface area (Å²) in [5.41, 5.74) is 0.907. The van der Waals surface area contributed by atoms with Gasteiger partial charge in [0, 0.05) is 11.1 Å². The van der Waals surface area contributed by atoms with Crippen molar-refractivity contribution in [3.63, 3.8) is 0 Å². The maximum atomic E-state index is 12.4. The quantitative estimate of drug-likeness (QED) is 0.562. The van der Waals surface area contributed by atoms with Crippen molar-refractivity contribution in [2.75, 3.05) is 0 Å². The number of carbonyl (C=O) groups is 2. The molecule has 0 amide bonds. The molecule has 2 atom stereocenters. The molecule has 1 fully saturated rings. The molecular weight excluding hydrogens is 224 g/mol. The highest BCUT2D eigenvalue weighted by atomic mass is 16.1. The van der Waals surface area contributed by atoms with E-state index in [-0.39, 0.29) is 11.6 Å². The van der Waals surface area contributed by atoms with Crippen LogP contribution in [-0.4, -0.2) is 11.6 Å². The lowest BCUT2D eigenvalue weighted by molar-refractivity contribution is -0.127. The summed E-state index contributed by atoms with van der Waals surface area (Å²) in [4.78, 5) is 24.7. The Morgan fingerprint density at radius 1 is 1.00 bits per heavy atom. The van der Waals surface area contributed by atoms with Gasteiger partial charge in [0.05, 0.1) is 11.8 Å². The molecule has 1 aliphatic rings. The molecule has 0 aromatic rings. The lowest BCUT2D eigenvalue weighted by atomic mass is 9.72. The van der Waals surface area contributed by atoms with Gasteiger partial charge in [-0.3, -0.25) is 9.59 Å². The van der Waals surface area contributed by atoms with Crippen LogP contribution in [0.1, 0.15) is 13.8 Å². The summed E-state index contributed by atoms with van der Waals surface area (Å²) in [6, 6.07) is 0. The second-order valence-electron chi connectivity index (χ2n) is 4.06. The summed E-state index contributed by atoms with van der Waals surface area (Å²) < 4.78 is 0. The van der Waals surface area contributed by atoms with Crippen LogP contribution in [-0.2, 0) is 9.59 Å². The van der Waals surface area contributed by atoms with Crippen molar-refractivity contribution < 1.29 is 9.59 Å². The zero-order valence-corrected chi connectivity index (χ0v) is 10.8. The van der Waals surface area contributed by atoms with Crippen molar-refractivity contribution in [2.24, 2.45) is 11.8 Å². The van der Waals surface area contributed by atoms with E-state index < -0.39 is 11.8 Å². The van der Waals surface area contributed by atoms with Crippen molar-refractivity contribution >= 4 is 11.6 Å². The van der Waals surface area contributed by atoms with Gasteiger partial charge in [0.25, 0.3) is 0 Å². The first kappa shape index (κ1) is 14.1. The molecule has 2 nitrogen and oxygen atoms in total. The van der Waals surface area contributed by atoms with E-state index in [4.69, 9.17) is 0 Å². The molecule has 0 saturated heterocycles. The maximum absolute atomic E-state index is 12.4. The highest BCUT2D eigenvalue weighted by Crippen LogP contribution is 2.33. The van der Waals surface area contributed by atoms with Gasteiger partial charge in [-0.1, -0.05) is 43.0 Å². The standard InChI is InChI=1S/C16H18O2/c1-5-9-13-11(7-3)15(17)12(8-4)14(10-6-2)16(13)18/h5-10,12,14H,1,4H2,2-3H3/b10-6-,11-7+,13-9+. The lowest BCUT2D eigenvalue weighted by Crippen LogP contribution is -2.36. The van der Waals surface area contributed by atoms with Gasteiger partial charge in [-0.15, -0.1) is 6.58 Å². The number of rotatable bonds is 3. The highest BCUT2D eigenvalue weighted by molar-refractivity contribution is 6.20. The van der Waals surface area contributed by atoms with Crippen LogP contribution in [0.4, 0.5) is 0 Å². The van der Waals surface area contributed by atoms with E-state index in [2.05, 4.69) is 13.2 Å². The normalized spacial score (nSPS) is 29.2. The van der Waals surface area contributed by atoms with Crippen molar-refractivity contribution in [1.29, 1.82) is 0 Å². The zero-order valence-electron chi connectivity index (χ0n) is 10.8. The zero-order chi connectivity index (χ0) is 13.7. The molecule has 94 valence electrons. The third-order valence-electron chi connectivity index (χ3n) is 3.04. The van der Waals surface area contributed by atoms with Crippen LogP contribution in [0.15, 0.2) is 60.8 Å². The van der Waals surface area contributed by atoms with Crippen LogP contribution >= 0.6 is 0 Å². The Hall–Kier alpha value is -1.96. The number of ketones is 2. The molecule has 18 heavy (non-hydrogen) atoms. The van der Waals surface area contributed by atoms with Gasteiger partial charge in [0.2, 0.25) is 0 Å². The van der Waals surface area contributed by atoms with E-state index in [0.29, 0.717) is 11.1 Å². The van der Waals surface area contributed by atoms with Crippen LogP contribution in [0.3, 0.4) is 0 Å². The number of hydrogen-bond donors (Lipinski definition) is 0. The first-order valence-corrected chi connectivity index (χ1v) is 5.95. The molecule has 0 spiro atoms. The van der Waals surface area contributed by atoms with Crippen molar-refractivity contribution in [1.82, 2.24) is 0 Å². The fourth-order valence-corrected chi connectivity index (χ4v) is 2.21. The SMILES string of the molecule is C=C/C=C1/C(=O)C(/C=C\C)C(C=C)C(=O)/C1=C/C. The summed E-state index contributed by atoms with van der Waals surface area (Å²) in [6.07, 6.45) is 9.92. The molecule has 1 aliphatic carbocycles. The molecule has 0 N–H and O–H groups in total. The van der Waals surface area contributed by atoms with Crippen LogP contribution in [0.25, 0.3) is 0 Å². The van der Waals surface area contributed by atoms with Crippen LogP contribution in [0.2, 0.25) is 0 Å². The Balaban J connectivity index is 3.39. The van der Waals surface area contributed by atoms with Crippen LogP contribution in [0.5, 0.6) is 0 Å². The van der Waals surface area contributed by atoms with Gasteiger partial charge < -0.3 is 0 Å². The minimum absolute atomic E-state index is 0.0504. The van der Waals surface area contributed by atoms with Crippen molar-refractivity contribution in [3.8, 4) is 0 Å². The molecule has 2 unspecified atom stereocenters. The molecule has 0 aromatic carbocycles.